The number of aromatic amines is 1. The molecule has 11 heteroatoms. The number of benzene rings is 2. The van der Waals surface area contributed by atoms with Crippen molar-refractivity contribution in [2.24, 2.45) is 0 Å². The first kappa shape index (κ1) is 18.9. The Bertz CT molecular complexity index is 1450. The molecule has 0 aliphatic rings. The number of pyridine rings is 1. The molecule has 0 unspecified atom stereocenters. The maximum atomic E-state index is 14.1. The quantitative estimate of drug-likeness (QED) is 0.438. The van der Waals surface area contributed by atoms with Crippen molar-refractivity contribution in [3.8, 4) is 22.6 Å². The zero-order valence-corrected chi connectivity index (χ0v) is 16.6. The third-order valence-electron chi connectivity index (χ3n) is 4.63. The van der Waals surface area contributed by atoms with Crippen LogP contribution in [0.5, 0.6) is 0 Å². The van der Waals surface area contributed by atoms with Gasteiger partial charge in [-0.1, -0.05) is 18.2 Å². The number of hydrogen-bond donors (Lipinski definition) is 2. The molecular formula is C20H14FN7O2S. The molecule has 0 fully saturated rings. The van der Waals surface area contributed by atoms with Gasteiger partial charge < -0.3 is 4.40 Å². The van der Waals surface area contributed by atoms with Crippen molar-refractivity contribution < 1.29 is 12.8 Å². The van der Waals surface area contributed by atoms with Crippen LogP contribution >= 0.6 is 0 Å². The number of hydrogen-bond acceptors (Lipinski definition) is 6. The minimum absolute atomic E-state index is 0.0358. The van der Waals surface area contributed by atoms with Crippen LogP contribution in [0.25, 0.3) is 28.3 Å². The average Bonchev–Trinajstić information content (AvgIpc) is 3.44. The lowest BCUT2D eigenvalue weighted by molar-refractivity contribution is 0.600. The van der Waals surface area contributed by atoms with E-state index in [1.54, 1.807) is 24.3 Å². The number of aromatic nitrogens is 6. The topological polar surface area (TPSA) is 118 Å². The molecule has 3 aromatic heterocycles. The van der Waals surface area contributed by atoms with E-state index in [9.17, 15) is 12.8 Å². The molecule has 0 bridgehead atoms. The molecular weight excluding hydrogens is 421 g/mol. The maximum absolute atomic E-state index is 14.1. The molecule has 5 aromatic rings. The normalized spacial score (nSPS) is 11.6. The standard InChI is InChI=1S/C20H14FN7O2S/c21-17-9-8-15(11-16(17)20-23-26-27-24-20)31(29,30)25-14-6-4-13(5-7-14)18-12-28-10-2-1-3-19(28)22-18/h1-12,25H,(H,23,24,26,27). The summed E-state index contributed by atoms with van der Waals surface area (Å²) in [5.41, 5.74) is 2.71. The van der Waals surface area contributed by atoms with Gasteiger partial charge >= 0.3 is 0 Å². The molecule has 0 spiro atoms. The number of nitrogens with one attached hydrogen (secondary N) is 2. The van der Waals surface area contributed by atoms with Crippen molar-refractivity contribution in [1.29, 1.82) is 0 Å². The number of fused-ring (bicyclic) bond motifs is 1. The highest BCUT2D eigenvalue weighted by Gasteiger charge is 2.19. The second kappa shape index (κ2) is 7.29. The lowest BCUT2D eigenvalue weighted by atomic mass is 10.1. The fourth-order valence-corrected chi connectivity index (χ4v) is 4.20. The van der Waals surface area contributed by atoms with Gasteiger partial charge in [0.2, 0.25) is 5.82 Å². The van der Waals surface area contributed by atoms with E-state index in [1.165, 1.54) is 6.07 Å². The highest BCUT2D eigenvalue weighted by Crippen LogP contribution is 2.25. The van der Waals surface area contributed by atoms with Crippen LogP contribution in [0, 0.1) is 5.82 Å². The first-order valence-corrected chi connectivity index (χ1v) is 10.6. The van der Waals surface area contributed by atoms with Crippen molar-refractivity contribution in [2.45, 2.75) is 4.90 Å². The highest BCUT2D eigenvalue weighted by atomic mass is 32.2. The molecule has 3 heterocycles. The minimum Gasteiger partial charge on any atom is -0.306 e. The fourth-order valence-electron chi connectivity index (χ4n) is 3.12. The van der Waals surface area contributed by atoms with E-state index in [0.717, 1.165) is 29.0 Å². The summed E-state index contributed by atoms with van der Waals surface area (Å²) in [6.45, 7) is 0. The Labute approximate surface area is 175 Å². The number of nitrogens with zero attached hydrogens (tertiary/aromatic N) is 5. The Balaban J connectivity index is 1.41. The van der Waals surface area contributed by atoms with Crippen LogP contribution in [-0.4, -0.2) is 38.4 Å². The summed E-state index contributed by atoms with van der Waals surface area (Å²) in [4.78, 5) is 4.42. The van der Waals surface area contributed by atoms with E-state index in [-0.39, 0.29) is 16.3 Å². The van der Waals surface area contributed by atoms with E-state index in [4.69, 9.17) is 0 Å². The Hall–Kier alpha value is -4.12. The molecule has 0 atom stereocenters. The summed E-state index contributed by atoms with van der Waals surface area (Å²) in [6, 6.07) is 15.9. The van der Waals surface area contributed by atoms with Crippen LogP contribution in [0.4, 0.5) is 10.1 Å². The zero-order valence-electron chi connectivity index (χ0n) is 15.8. The summed E-state index contributed by atoms with van der Waals surface area (Å²) in [7, 11) is -3.96. The molecule has 31 heavy (non-hydrogen) atoms. The predicted molar refractivity (Wildman–Crippen MR) is 111 cm³/mol. The molecule has 0 saturated heterocycles. The van der Waals surface area contributed by atoms with Gasteiger partial charge in [0.25, 0.3) is 10.0 Å². The Morgan fingerprint density at radius 1 is 1.03 bits per heavy atom. The predicted octanol–water partition coefficient (Wildman–Crippen LogP) is 3.12. The smallest absolute Gasteiger partial charge is 0.261 e. The number of imidazole rings is 1. The highest BCUT2D eigenvalue weighted by molar-refractivity contribution is 7.92. The van der Waals surface area contributed by atoms with Gasteiger partial charge in [0.1, 0.15) is 11.5 Å². The van der Waals surface area contributed by atoms with Crippen LogP contribution in [-0.2, 0) is 10.0 Å². The van der Waals surface area contributed by atoms with Crippen molar-refractivity contribution in [1.82, 2.24) is 30.0 Å². The van der Waals surface area contributed by atoms with E-state index in [0.29, 0.717) is 5.69 Å². The molecule has 2 N–H and O–H groups in total. The SMILES string of the molecule is O=S(=O)(Nc1ccc(-c2cn3ccccc3n2)cc1)c1ccc(F)c(-c2nn[nH]n2)c1. The van der Waals surface area contributed by atoms with Gasteiger partial charge in [-0.15, -0.1) is 10.2 Å². The summed E-state index contributed by atoms with van der Waals surface area (Å²) in [5, 5.41) is 13.0. The maximum Gasteiger partial charge on any atom is 0.261 e. The Morgan fingerprint density at radius 2 is 1.87 bits per heavy atom. The van der Waals surface area contributed by atoms with Crippen molar-refractivity contribution in [3.63, 3.8) is 0 Å². The summed E-state index contributed by atoms with van der Waals surface area (Å²) in [5.74, 6) is -0.691. The Morgan fingerprint density at radius 3 is 2.61 bits per heavy atom. The Kier molecular flexibility index (Phi) is 4.44. The van der Waals surface area contributed by atoms with Gasteiger partial charge in [0.15, 0.2) is 0 Å². The van der Waals surface area contributed by atoms with Crippen LogP contribution < -0.4 is 4.72 Å². The van der Waals surface area contributed by atoms with E-state index in [1.807, 2.05) is 35.0 Å². The summed E-state index contributed by atoms with van der Waals surface area (Å²) >= 11 is 0. The number of halogens is 1. The largest absolute Gasteiger partial charge is 0.306 e. The number of sulfonamides is 1. The van der Waals surface area contributed by atoms with Gasteiger partial charge in [-0.2, -0.15) is 5.21 Å². The van der Waals surface area contributed by atoms with E-state index >= 15 is 0 Å². The molecule has 0 radical (unpaired) electrons. The molecule has 0 aliphatic heterocycles. The van der Waals surface area contributed by atoms with Gasteiger partial charge in [0.05, 0.1) is 16.2 Å². The number of H-pyrrole nitrogens is 1. The molecule has 0 amide bonds. The first-order valence-electron chi connectivity index (χ1n) is 9.10. The van der Waals surface area contributed by atoms with Gasteiger partial charge in [-0.25, -0.2) is 17.8 Å². The number of tetrazole rings is 1. The van der Waals surface area contributed by atoms with Gasteiger partial charge in [0, 0.05) is 23.6 Å². The number of anilines is 1. The molecule has 0 saturated carbocycles. The van der Waals surface area contributed by atoms with Gasteiger partial charge in [-0.3, -0.25) is 4.72 Å². The third-order valence-corrected chi connectivity index (χ3v) is 6.01. The summed E-state index contributed by atoms with van der Waals surface area (Å²) < 4.78 is 44.1. The van der Waals surface area contributed by atoms with Crippen LogP contribution in [0.3, 0.4) is 0 Å². The van der Waals surface area contributed by atoms with Crippen molar-refractivity contribution in [3.05, 3.63) is 78.9 Å². The lowest BCUT2D eigenvalue weighted by Gasteiger charge is -2.09. The van der Waals surface area contributed by atoms with E-state index in [2.05, 4.69) is 30.3 Å². The molecule has 5 rings (SSSR count). The summed E-state index contributed by atoms with van der Waals surface area (Å²) in [6.07, 6.45) is 3.80. The molecule has 0 aliphatic carbocycles. The van der Waals surface area contributed by atoms with Crippen molar-refractivity contribution >= 4 is 21.4 Å². The van der Waals surface area contributed by atoms with Crippen LogP contribution in [0.15, 0.2) is 78.0 Å². The zero-order chi connectivity index (χ0) is 21.4. The van der Waals surface area contributed by atoms with Crippen LogP contribution in [0.1, 0.15) is 0 Å². The molecule has 154 valence electrons. The van der Waals surface area contributed by atoms with Gasteiger partial charge in [-0.05, 0) is 47.7 Å². The monoisotopic (exact) mass is 435 g/mol. The fraction of sp³-hybridized carbons (Fsp3) is 0. The molecule has 2 aromatic carbocycles. The average molecular weight is 435 g/mol. The van der Waals surface area contributed by atoms with E-state index < -0.39 is 15.8 Å². The van der Waals surface area contributed by atoms with Crippen molar-refractivity contribution in [2.75, 3.05) is 4.72 Å². The lowest BCUT2D eigenvalue weighted by Crippen LogP contribution is -2.13. The minimum atomic E-state index is -3.96. The molecule has 9 nitrogen and oxygen atoms in total. The second-order valence-corrected chi connectivity index (χ2v) is 8.33. The second-order valence-electron chi connectivity index (χ2n) is 6.65. The first-order chi connectivity index (χ1) is 15.0. The number of rotatable bonds is 5. The third kappa shape index (κ3) is 3.62. The van der Waals surface area contributed by atoms with Crippen LogP contribution in [0.2, 0.25) is 0 Å².